The van der Waals surface area contributed by atoms with Gasteiger partial charge in [-0.15, -0.1) is 0 Å². The first kappa shape index (κ1) is 19.4. The van der Waals surface area contributed by atoms with Crippen LogP contribution in [0.3, 0.4) is 0 Å². The van der Waals surface area contributed by atoms with Gasteiger partial charge in [-0.2, -0.15) is 0 Å². The Morgan fingerprint density at radius 2 is 1.59 bits per heavy atom. The van der Waals surface area contributed by atoms with Gasteiger partial charge in [-0.1, -0.05) is 94.3 Å². The van der Waals surface area contributed by atoms with Crippen molar-refractivity contribution in [3.05, 3.63) is 83.7 Å². The van der Waals surface area contributed by atoms with Gasteiger partial charge in [0, 0.05) is 12.4 Å². The molecule has 0 amide bonds. The van der Waals surface area contributed by atoms with Gasteiger partial charge in [0.25, 0.3) is 0 Å². The number of hydrogen-bond acceptors (Lipinski definition) is 1. The third-order valence-electron chi connectivity index (χ3n) is 5.80. The summed E-state index contributed by atoms with van der Waals surface area (Å²) < 4.78 is 0. The van der Waals surface area contributed by atoms with E-state index < -0.39 is 0 Å². The lowest BCUT2D eigenvalue weighted by atomic mass is 9.96. The summed E-state index contributed by atoms with van der Waals surface area (Å²) in [7, 11) is 0. The molecule has 2 aromatic carbocycles. The molecule has 0 radical (unpaired) electrons. The molecule has 0 N–H and O–H groups in total. The lowest BCUT2D eigenvalue weighted by Crippen LogP contribution is -1.99. The van der Waals surface area contributed by atoms with Crippen LogP contribution in [-0.4, -0.2) is 4.98 Å². The topological polar surface area (TPSA) is 12.9 Å². The normalized spacial score (nSPS) is 21.5. The van der Waals surface area contributed by atoms with E-state index in [0.29, 0.717) is 5.41 Å². The summed E-state index contributed by atoms with van der Waals surface area (Å²) in [6.45, 7) is 8.97. The minimum absolute atomic E-state index is 0.527. The number of benzene rings is 2. The Morgan fingerprint density at radius 3 is 2.30 bits per heavy atom. The number of aromatic nitrogens is 1. The molecule has 0 bridgehead atoms. The van der Waals surface area contributed by atoms with Crippen LogP contribution in [0.4, 0.5) is 0 Å². The smallest absolute Gasteiger partial charge is 0.0346 e. The van der Waals surface area contributed by atoms with Gasteiger partial charge in [-0.25, -0.2) is 0 Å². The van der Waals surface area contributed by atoms with E-state index in [1.807, 2.05) is 30.6 Å². The molecule has 1 fully saturated rings. The fourth-order valence-electron chi connectivity index (χ4n) is 3.93. The quantitative estimate of drug-likeness (QED) is 0.444. The van der Waals surface area contributed by atoms with Crippen molar-refractivity contribution in [2.45, 2.75) is 47.0 Å². The van der Waals surface area contributed by atoms with Gasteiger partial charge in [-0.05, 0) is 52.1 Å². The highest BCUT2D eigenvalue weighted by atomic mass is 14.6. The molecule has 1 aromatic heterocycles. The summed E-state index contributed by atoms with van der Waals surface area (Å²) in [5, 5.41) is 2.45. The number of pyridine rings is 1. The number of fused-ring (bicyclic) bond motifs is 3. The van der Waals surface area contributed by atoms with Crippen LogP contribution in [0, 0.1) is 11.3 Å². The largest absolute Gasteiger partial charge is 0.264 e. The molecule has 1 heterocycles. The minimum Gasteiger partial charge on any atom is -0.264 e. The third kappa shape index (κ3) is 4.13. The molecule has 27 heavy (non-hydrogen) atoms. The second-order valence-corrected chi connectivity index (χ2v) is 7.76. The molecular formula is C26H31N. The Labute approximate surface area is 164 Å². The van der Waals surface area contributed by atoms with Crippen molar-refractivity contribution in [2.75, 3.05) is 0 Å². The Kier molecular flexibility index (Phi) is 6.11. The maximum absolute atomic E-state index is 4.01. The van der Waals surface area contributed by atoms with Crippen molar-refractivity contribution in [3.63, 3.8) is 0 Å². The molecule has 0 saturated heterocycles. The number of rotatable bonds is 1. The molecule has 1 heteroatoms. The highest BCUT2D eigenvalue weighted by Gasteiger charge is 2.55. The first-order valence-corrected chi connectivity index (χ1v) is 10.2. The van der Waals surface area contributed by atoms with Crippen LogP contribution in [0.15, 0.2) is 72.6 Å². The van der Waals surface area contributed by atoms with Gasteiger partial charge in [0.05, 0.1) is 0 Å². The summed E-state index contributed by atoms with van der Waals surface area (Å²) in [4.78, 5) is 4.01. The fourth-order valence-corrected chi connectivity index (χ4v) is 3.93. The Morgan fingerprint density at radius 1 is 0.926 bits per heavy atom. The van der Waals surface area contributed by atoms with E-state index in [1.165, 1.54) is 35.6 Å². The highest BCUT2D eigenvalue weighted by Crippen LogP contribution is 2.64. The Balaban J connectivity index is 0.000000142. The predicted octanol–water partition coefficient (Wildman–Crippen LogP) is 7.32. The van der Waals surface area contributed by atoms with E-state index in [1.54, 1.807) is 11.1 Å². The van der Waals surface area contributed by atoms with Crippen molar-refractivity contribution in [1.82, 2.24) is 4.98 Å². The molecule has 0 aliphatic heterocycles. The Hall–Kier alpha value is -2.41. The van der Waals surface area contributed by atoms with E-state index in [0.717, 1.165) is 5.92 Å². The average molecular weight is 358 g/mol. The summed E-state index contributed by atoms with van der Waals surface area (Å²) in [6, 6.07) is 19.0. The highest BCUT2D eigenvalue weighted by molar-refractivity contribution is 5.80. The van der Waals surface area contributed by atoms with Gasteiger partial charge in [0.2, 0.25) is 0 Å². The van der Waals surface area contributed by atoms with Crippen LogP contribution in [0.25, 0.3) is 16.8 Å². The van der Waals surface area contributed by atoms with E-state index in [4.69, 9.17) is 0 Å². The fraction of sp³-hybridized carbons (Fsp3) is 0.346. The number of nitrogens with zero attached hydrogens (tertiary/aromatic N) is 1. The van der Waals surface area contributed by atoms with E-state index in [2.05, 4.69) is 75.2 Å². The second kappa shape index (κ2) is 8.52. The zero-order chi connectivity index (χ0) is 19.3. The van der Waals surface area contributed by atoms with Gasteiger partial charge < -0.3 is 0 Å². The van der Waals surface area contributed by atoms with E-state index in [-0.39, 0.29) is 0 Å². The van der Waals surface area contributed by atoms with Gasteiger partial charge in [0.15, 0.2) is 0 Å². The lowest BCUT2D eigenvalue weighted by molar-refractivity contribution is 0.492. The molecule has 5 rings (SSSR count). The first-order valence-electron chi connectivity index (χ1n) is 10.2. The maximum atomic E-state index is 4.01. The average Bonchev–Trinajstić information content (AvgIpc) is 3.31. The summed E-state index contributed by atoms with van der Waals surface area (Å²) in [5.74, 6) is 0.849. The molecule has 3 aromatic rings. The van der Waals surface area contributed by atoms with Crippen molar-refractivity contribution in [2.24, 2.45) is 11.3 Å². The summed E-state index contributed by atoms with van der Waals surface area (Å²) in [6.07, 6.45) is 9.91. The third-order valence-corrected chi connectivity index (χ3v) is 5.80. The van der Waals surface area contributed by atoms with Gasteiger partial charge in [-0.3, -0.25) is 4.98 Å². The zero-order valence-electron chi connectivity index (χ0n) is 17.1. The van der Waals surface area contributed by atoms with E-state index >= 15 is 0 Å². The molecule has 140 valence electrons. The van der Waals surface area contributed by atoms with Crippen molar-refractivity contribution in [3.8, 4) is 0 Å². The zero-order valence-corrected chi connectivity index (χ0v) is 17.1. The molecule has 1 nitrogen and oxygen atoms in total. The molecule has 1 saturated carbocycles. The number of hydrogen-bond donors (Lipinski definition) is 0. The predicted molar refractivity (Wildman–Crippen MR) is 118 cm³/mol. The van der Waals surface area contributed by atoms with Crippen molar-refractivity contribution in [1.29, 1.82) is 0 Å². The van der Waals surface area contributed by atoms with Crippen LogP contribution in [0.2, 0.25) is 0 Å². The monoisotopic (exact) mass is 357 g/mol. The molecular weight excluding hydrogens is 326 g/mol. The maximum Gasteiger partial charge on any atom is 0.0346 e. The summed E-state index contributed by atoms with van der Waals surface area (Å²) >= 11 is 0. The first-order chi connectivity index (χ1) is 13.1. The lowest BCUT2D eigenvalue weighted by Gasteiger charge is -2.08. The van der Waals surface area contributed by atoms with Crippen LogP contribution >= 0.6 is 0 Å². The molecule has 2 aliphatic carbocycles. The van der Waals surface area contributed by atoms with Crippen molar-refractivity contribution < 1.29 is 0 Å². The van der Waals surface area contributed by atoms with Crippen LogP contribution in [-0.2, 0) is 6.42 Å². The molecule has 2 atom stereocenters. The standard InChI is InChI=1S/C14H16.C9H7N.C3H8/c1-3-14(2)12-8-10-6-4-5-7-11(10)9-13(12)14;1-2-4-9-7-10-6-5-8(9)3-1;1-3-2/h4-8,13H,3,9H2,1-2H3;1-7H;3H2,1-2H3. The van der Waals surface area contributed by atoms with Gasteiger partial charge in [0.1, 0.15) is 0 Å². The minimum atomic E-state index is 0.527. The molecule has 0 spiro atoms. The number of allylic oxidation sites excluding steroid dienone is 1. The Bertz CT molecular complexity index is 859. The molecule has 2 aliphatic rings. The second-order valence-electron chi connectivity index (χ2n) is 7.76. The molecule has 2 unspecified atom stereocenters. The van der Waals surface area contributed by atoms with Gasteiger partial charge >= 0.3 is 0 Å². The van der Waals surface area contributed by atoms with Crippen LogP contribution < -0.4 is 0 Å². The van der Waals surface area contributed by atoms with Crippen LogP contribution in [0.1, 0.15) is 51.7 Å². The van der Waals surface area contributed by atoms with Crippen LogP contribution in [0.5, 0.6) is 0 Å². The van der Waals surface area contributed by atoms with Crippen molar-refractivity contribution >= 4 is 16.8 Å². The summed E-state index contributed by atoms with van der Waals surface area (Å²) in [5.41, 5.74) is 5.21. The van der Waals surface area contributed by atoms with E-state index in [9.17, 15) is 0 Å². The SMILES string of the molecule is CCC.CCC1(C)C2=Cc3ccccc3CC21.c1ccc2cnccc2c1.